The van der Waals surface area contributed by atoms with E-state index in [0.29, 0.717) is 60.9 Å². The number of rotatable bonds is 7. The van der Waals surface area contributed by atoms with Crippen LogP contribution in [-0.4, -0.2) is 61.7 Å². The monoisotopic (exact) mass is 504 g/mol. The molecule has 192 valence electrons. The molecule has 5 rings (SSSR count). The molecule has 0 aliphatic carbocycles. The van der Waals surface area contributed by atoms with Crippen LogP contribution in [0.4, 0.5) is 16.3 Å². The van der Waals surface area contributed by atoms with Gasteiger partial charge in [-0.1, -0.05) is 12.1 Å². The third kappa shape index (κ3) is 5.17. The van der Waals surface area contributed by atoms with Crippen molar-refractivity contribution in [2.24, 2.45) is 0 Å². The van der Waals surface area contributed by atoms with Gasteiger partial charge in [0.2, 0.25) is 0 Å². The minimum absolute atomic E-state index is 0.277. The number of benzene rings is 1. The maximum atomic E-state index is 11.2. The van der Waals surface area contributed by atoms with Crippen molar-refractivity contribution >= 4 is 28.8 Å². The summed E-state index contributed by atoms with van der Waals surface area (Å²) in [5.74, 6) is 2.11. The number of hydrogen-bond donors (Lipinski definition) is 3. The van der Waals surface area contributed by atoms with Crippen molar-refractivity contribution in [1.82, 2.24) is 30.0 Å². The molecule has 1 fully saturated rings. The summed E-state index contributed by atoms with van der Waals surface area (Å²) in [4.78, 5) is 26.9. The number of hydrogen-bond acceptors (Lipinski definition) is 9. The van der Waals surface area contributed by atoms with Crippen LogP contribution in [0.3, 0.4) is 0 Å². The first kappa shape index (κ1) is 24.1. The first-order valence-electron chi connectivity index (χ1n) is 11.8. The molecule has 1 aliphatic rings. The molecule has 1 aromatic carbocycles. The Morgan fingerprint density at radius 2 is 1.95 bits per heavy atom. The van der Waals surface area contributed by atoms with Gasteiger partial charge in [-0.15, -0.1) is 5.10 Å². The van der Waals surface area contributed by atoms with E-state index in [0.717, 1.165) is 11.3 Å². The van der Waals surface area contributed by atoms with Crippen molar-refractivity contribution in [2.75, 3.05) is 30.8 Å². The molecule has 1 amide bonds. The van der Waals surface area contributed by atoms with Crippen molar-refractivity contribution in [3.8, 4) is 17.4 Å². The van der Waals surface area contributed by atoms with Crippen molar-refractivity contribution in [3.05, 3.63) is 54.5 Å². The zero-order chi connectivity index (χ0) is 26.0. The molecule has 12 heteroatoms. The summed E-state index contributed by atoms with van der Waals surface area (Å²) in [6.07, 6.45) is 5.10. The smallest absolute Gasteiger partial charge is 0.405 e. The Hall–Kier alpha value is -4.61. The number of ether oxygens (including phenoxy) is 2. The van der Waals surface area contributed by atoms with Gasteiger partial charge in [-0.3, -0.25) is 4.98 Å². The van der Waals surface area contributed by atoms with E-state index in [4.69, 9.17) is 25.3 Å². The predicted molar refractivity (Wildman–Crippen MR) is 137 cm³/mol. The highest BCUT2D eigenvalue weighted by atomic mass is 16.5. The molecule has 3 aromatic heterocycles. The van der Waals surface area contributed by atoms with Gasteiger partial charge < -0.3 is 30.5 Å². The molecule has 37 heavy (non-hydrogen) atoms. The van der Waals surface area contributed by atoms with Crippen LogP contribution in [0.15, 0.2) is 48.9 Å². The van der Waals surface area contributed by atoms with Crippen LogP contribution in [0.5, 0.6) is 17.4 Å². The molecule has 0 spiro atoms. The average Bonchev–Trinajstić information content (AvgIpc) is 3.22. The van der Waals surface area contributed by atoms with E-state index < -0.39 is 11.6 Å². The van der Waals surface area contributed by atoms with Crippen molar-refractivity contribution in [1.29, 1.82) is 0 Å². The third-order valence-electron chi connectivity index (χ3n) is 6.51. The number of nitrogens with zero attached hydrogens (tertiary/aromatic N) is 6. The van der Waals surface area contributed by atoms with Gasteiger partial charge in [0.25, 0.3) is 5.88 Å². The number of methoxy groups -OCH3 is 1. The lowest BCUT2D eigenvalue weighted by atomic mass is 9.90. The minimum atomic E-state index is -1.01. The number of pyridine rings is 1. The van der Waals surface area contributed by atoms with Gasteiger partial charge in [0.15, 0.2) is 16.9 Å². The Morgan fingerprint density at radius 1 is 1.19 bits per heavy atom. The summed E-state index contributed by atoms with van der Waals surface area (Å²) in [5, 5.41) is 16.5. The number of fused-ring (bicyclic) bond motifs is 1. The molecule has 0 bridgehead atoms. The lowest BCUT2D eigenvalue weighted by molar-refractivity contribution is 0.173. The average molecular weight is 505 g/mol. The molecule has 4 N–H and O–H groups in total. The number of aromatic nitrogens is 5. The fourth-order valence-electron chi connectivity index (χ4n) is 4.33. The number of anilines is 2. The second-order valence-electron chi connectivity index (χ2n) is 9.20. The van der Waals surface area contributed by atoms with E-state index >= 15 is 0 Å². The molecule has 0 radical (unpaired) electrons. The number of nitrogen functional groups attached to an aromatic ring is 1. The fourth-order valence-corrected chi connectivity index (χ4v) is 4.33. The van der Waals surface area contributed by atoms with Crippen LogP contribution in [0.2, 0.25) is 0 Å². The van der Waals surface area contributed by atoms with Gasteiger partial charge in [0, 0.05) is 24.8 Å². The van der Waals surface area contributed by atoms with Crippen LogP contribution in [0.25, 0.3) is 11.2 Å². The Kier molecular flexibility index (Phi) is 6.38. The van der Waals surface area contributed by atoms with Crippen LogP contribution in [0.1, 0.15) is 25.3 Å². The summed E-state index contributed by atoms with van der Waals surface area (Å²) in [5.41, 5.74) is 8.06. The number of piperidine rings is 1. The fraction of sp³-hybridized carbons (Fsp3) is 0.320. The van der Waals surface area contributed by atoms with Crippen LogP contribution < -0.4 is 25.4 Å². The van der Waals surface area contributed by atoms with Crippen molar-refractivity contribution in [3.63, 3.8) is 0 Å². The van der Waals surface area contributed by atoms with Crippen LogP contribution in [0, 0.1) is 0 Å². The van der Waals surface area contributed by atoms with Gasteiger partial charge in [-0.2, -0.15) is 0 Å². The van der Waals surface area contributed by atoms with E-state index in [1.807, 2.05) is 31.2 Å². The van der Waals surface area contributed by atoms with E-state index in [9.17, 15) is 4.79 Å². The van der Waals surface area contributed by atoms with Crippen LogP contribution >= 0.6 is 0 Å². The Labute approximate surface area is 213 Å². The lowest BCUT2D eigenvalue weighted by Crippen LogP contribution is -2.53. The molecule has 4 aromatic rings. The highest BCUT2D eigenvalue weighted by Crippen LogP contribution is 2.32. The van der Waals surface area contributed by atoms with E-state index in [-0.39, 0.29) is 5.88 Å². The minimum Gasteiger partial charge on any atom is -0.497 e. The second kappa shape index (κ2) is 9.80. The van der Waals surface area contributed by atoms with Gasteiger partial charge in [-0.25, -0.2) is 19.4 Å². The molecule has 0 atom stereocenters. The molecule has 1 saturated heterocycles. The van der Waals surface area contributed by atoms with Gasteiger partial charge >= 0.3 is 6.09 Å². The van der Waals surface area contributed by atoms with Gasteiger partial charge in [0.05, 0.1) is 31.7 Å². The zero-order valence-corrected chi connectivity index (χ0v) is 20.6. The molecule has 0 saturated carbocycles. The second-order valence-corrected chi connectivity index (χ2v) is 9.20. The first-order chi connectivity index (χ1) is 17.8. The topological polar surface area (TPSA) is 154 Å². The van der Waals surface area contributed by atoms with Crippen molar-refractivity contribution in [2.45, 2.75) is 31.8 Å². The summed E-state index contributed by atoms with van der Waals surface area (Å²) >= 11 is 0. The molecular formula is C25H28N8O4. The number of nitrogens with one attached hydrogen (secondary N) is 1. The molecular weight excluding hydrogens is 476 g/mol. The Balaban J connectivity index is 1.47. The summed E-state index contributed by atoms with van der Waals surface area (Å²) in [7, 11) is 1.63. The maximum Gasteiger partial charge on any atom is 0.405 e. The first-order valence-corrected chi connectivity index (χ1v) is 11.8. The van der Waals surface area contributed by atoms with E-state index in [1.54, 1.807) is 30.3 Å². The van der Waals surface area contributed by atoms with Crippen LogP contribution in [-0.2, 0) is 6.54 Å². The largest absolute Gasteiger partial charge is 0.497 e. The Morgan fingerprint density at radius 3 is 2.62 bits per heavy atom. The normalized spacial score (nSPS) is 14.9. The van der Waals surface area contributed by atoms with Gasteiger partial charge in [0.1, 0.15) is 11.6 Å². The number of carboxylic acid groups (broad SMARTS) is 1. The highest BCUT2D eigenvalue weighted by Gasteiger charge is 2.32. The Bertz CT molecular complexity index is 1410. The summed E-state index contributed by atoms with van der Waals surface area (Å²) in [6, 6.07) is 9.36. The predicted octanol–water partition coefficient (Wildman–Crippen LogP) is 3.28. The standard InChI is InChI=1S/C25H28N8O4/c1-25(30-24(34)35)8-11-32(12-9-25)20-14-28-21-22(29-20)33(15-16-3-5-17(36-2)6-4-16)31-23(21)37-19-13-27-10-7-18(19)26/h3-7,10,13-14,30H,8-9,11-12,15H2,1-2H3,(H2,26,27)(H,34,35). The third-order valence-corrected chi connectivity index (χ3v) is 6.51. The molecule has 1 aliphatic heterocycles. The maximum absolute atomic E-state index is 11.2. The van der Waals surface area contributed by atoms with Crippen molar-refractivity contribution < 1.29 is 19.4 Å². The quantitative estimate of drug-likeness (QED) is 0.342. The molecule has 12 nitrogen and oxygen atoms in total. The number of amides is 1. The van der Waals surface area contributed by atoms with E-state index in [2.05, 4.69) is 25.3 Å². The zero-order valence-electron chi connectivity index (χ0n) is 20.6. The lowest BCUT2D eigenvalue weighted by Gasteiger charge is -2.39. The summed E-state index contributed by atoms with van der Waals surface area (Å²) < 4.78 is 13.0. The summed E-state index contributed by atoms with van der Waals surface area (Å²) in [6.45, 7) is 3.63. The number of carbonyl (C=O) groups is 1. The molecule has 4 heterocycles. The highest BCUT2D eigenvalue weighted by molar-refractivity contribution is 5.78. The number of nitrogens with two attached hydrogens (primary N) is 1. The van der Waals surface area contributed by atoms with Gasteiger partial charge in [-0.05, 0) is 43.5 Å². The molecule has 0 unspecified atom stereocenters. The van der Waals surface area contributed by atoms with E-state index in [1.165, 1.54) is 6.20 Å². The SMILES string of the molecule is COc1ccc(Cn2nc(Oc3cnccc3N)c3ncc(N4CCC(C)(NC(=O)O)CC4)nc32)cc1.